The molecular weight excluding hydrogens is 288 g/mol. The molecule has 0 bridgehead atoms. The SMILES string of the molecule is COc1cc(NCC(=O)NCc2ccccc2)ccc1Cl. The Kier molecular flexibility index (Phi) is 5.46. The Labute approximate surface area is 129 Å². The summed E-state index contributed by atoms with van der Waals surface area (Å²) in [5.41, 5.74) is 1.85. The molecule has 0 aromatic heterocycles. The van der Waals surface area contributed by atoms with Gasteiger partial charge in [-0.2, -0.15) is 0 Å². The Morgan fingerprint density at radius 3 is 2.67 bits per heavy atom. The summed E-state index contributed by atoms with van der Waals surface area (Å²) in [5, 5.41) is 6.42. The number of rotatable bonds is 6. The van der Waals surface area contributed by atoms with Gasteiger partial charge < -0.3 is 15.4 Å². The van der Waals surface area contributed by atoms with Crippen molar-refractivity contribution in [1.82, 2.24) is 5.32 Å². The van der Waals surface area contributed by atoms with Gasteiger partial charge >= 0.3 is 0 Å². The Bertz CT molecular complexity index is 602. The molecule has 0 spiro atoms. The predicted octanol–water partition coefficient (Wildman–Crippen LogP) is 3.08. The lowest BCUT2D eigenvalue weighted by Gasteiger charge is -2.10. The van der Waals surface area contributed by atoms with Gasteiger partial charge in [0.2, 0.25) is 5.91 Å². The van der Waals surface area contributed by atoms with Crippen molar-refractivity contribution in [1.29, 1.82) is 0 Å². The zero-order chi connectivity index (χ0) is 15.1. The highest BCUT2D eigenvalue weighted by Crippen LogP contribution is 2.27. The number of methoxy groups -OCH3 is 1. The van der Waals surface area contributed by atoms with Crippen LogP contribution in [0.5, 0.6) is 5.75 Å². The Balaban J connectivity index is 1.81. The van der Waals surface area contributed by atoms with Gasteiger partial charge in [-0.15, -0.1) is 0 Å². The molecule has 2 rings (SSSR count). The van der Waals surface area contributed by atoms with E-state index in [2.05, 4.69) is 10.6 Å². The van der Waals surface area contributed by atoms with Crippen LogP contribution in [0.25, 0.3) is 0 Å². The summed E-state index contributed by atoms with van der Waals surface area (Å²) in [6.45, 7) is 0.711. The number of carbonyl (C=O) groups is 1. The maximum atomic E-state index is 11.8. The standard InChI is InChI=1S/C16H17ClN2O2/c1-21-15-9-13(7-8-14(15)17)18-11-16(20)19-10-12-5-3-2-4-6-12/h2-9,18H,10-11H2,1H3,(H,19,20). The first kappa shape index (κ1) is 15.2. The molecule has 0 radical (unpaired) electrons. The number of benzene rings is 2. The number of anilines is 1. The van der Waals surface area contributed by atoms with Gasteiger partial charge in [0.1, 0.15) is 5.75 Å². The molecule has 0 heterocycles. The minimum absolute atomic E-state index is 0.0761. The lowest BCUT2D eigenvalue weighted by Crippen LogP contribution is -2.29. The molecule has 2 N–H and O–H groups in total. The van der Waals surface area contributed by atoms with Crippen LogP contribution in [0.4, 0.5) is 5.69 Å². The van der Waals surface area contributed by atoms with Crippen molar-refractivity contribution in [2.24, 2.45) is 0 Å². The van der Waals surface area contributed by atoms with Crippen LogP contribution in [-0.4, -0.2) is 19.6 Å². The van der Waals surface area contributed by atoms with E-state index in [0.29, 0.717) is 17.3 Å². The van der Waals surface area contributed by atoms with Crippen LogP contribution >= 0.6 is 11.6 Å². The molecule has 4 nitrogen and oxygen atoms in total. The normalized spacial score (nSPS) is 10.0. The Morgan fingerprint density at radius 1 is 1.19 bits per heavy atom. The van der Waals surface area contributed by atoms with Gasteiger partial charge in [-0.25, -0.2) is 0 Å². The van der Waals surface area contributed by atoms with Crippen LogP contribution in [-0.2, 0) is 11.3 Å². The molecule has 1 amide bonds. The van der Waals surface area contributed by atoms with Crippen LogP contribution in [0.2, 0.25) is 5.02 Å². The average Bonchev–Trinajstić information content (AvgIpc) is 2.53. The fourth-order valence-corrected chi connectivity index (χ4v) is 2.01. The van der Waals surface area contributed by atoms with E-state index >= 15 is 0 Å². The van der Waals surface area contributed by atoms with Gasteiger partial charge in [-0.3, -0.25) is 4.79 Å². The van der Waals surface area contributed by atoms with Crippen LogP contribution in [0.1, 0.15) is 5.56 Å². The minimum atomic E-state index is -0.0761. The maximum absolute atomic E-state index is 11.8. The van der Waals surface area contributed by atoms with Crippen molar-refractivity contribution in [2.75, 3.05) is 19.0 Å². The number of nitrogens with one attached hydrogen (secondary N) is 2. The van der Waals surface area contributed by atoms with Crippen LogP contribution in [0.3, 0.4) is 0 Å². The highest BCUT2D eigenvalue weighted by Gasteiger charge is 2.04. The van der Waals surface area contributed by atoms with Crippen molar-refractivity contribution in [3.63, 3.8) is 0 Å². The van der Waals surface area contributed by atoms with Crippen molar-refractivity contribution in [3.8, 4) is 5.75 Å². The minimum Gasteiger partial charge on any atom is -0.495 e. The highest BCUT2D eigenvalue weighted by molar-refractivity contribution is 6.32. The highest BCUT2D eigenvalue weighted by atomic mass is 35.5. The van der Waals surface area contributed by atoms with E-state index in [1.54, 1.807) is 25.3 Å². The molecular formula is C16H17ClN2O2. The van der Waals surface area contributed by atoms with Crippen molar-refractivity contribution in [2.45, 2.75) is 6.54 Å². The summed E-state index contributed by atoms with van der Waals surface area (Å²) in [4.78, 5) is 11.8. The number of ether oxygens (including phenoxy) is 1. The van der Waals surface area contributed by atoms with E-state index in [4.69, 9.17) is 16.3 Å². The second kappa shape index (κ2) is 7.55. The molecule has 2 aromatic carbocycles. The Hall–Kier alpha value is -2.20. The largest absolute Gasteiger partial charge is 0.495 e. The summed E-state index contributed by atoms with van der Waals surface area (Å²) in [6, 6.07) is 15.1. The number of halogens is 1. The van der Waals surface area contributed by atoms with Crippen molar-refractivity contribution in [3.05, 3.63) is 59.1 Å². The summed E-state index contributed by atoms with van der Waals surface area (Å²) >= 11 is 5.94. The first-order chi connectivity index (χ1) is 10.2. The molecule has 21 heavy (non-hydrogen) atoms. The topological polar surface area (TPSA) is 50.4 Å². The third-order valence-electron chi connectivity index (χ3n) is 2.94. The Morgan fingerprint density at radius 2 is 1.95 bits per heavy atom. The van der Waals surface area contributed by atoms with Crippen LogP contribution < -0.4 is 15.4 Å². The zero-order valence-electron chi connectivity index (χ0n) is 11.7. The van der Waals surface area contributed by atoms with Gasteiger partial charge in [0.25, 0.3) is 0 Å². The van der Waals surface area contributed by atoms with E-state index in [-0.39, 0.29) is 12.5 Å². The first-order valence-electron chi connectivity index (χ1n) is 6.57. The molecule has 0 saturated heterocycles. The van der Waals surface area contributed by atoms with E-state index in [9.17, 15) is 4.79 Å². The van der Waals surface area contributed by atoms with Gasteiger partial charge in [-0.05, 0) is 17.7 Å². The van der Waals surface area contributed by atoms with Gasteiger partial charge in [-0.1, -0.05) is 41.9 Å². The summed E-state index contributed by atoms with van der Waals surface area (Å²) < 4.78 is 5.13. The predicted molar refractivity (Wildman–Crippen MR) is 84.8 cm³/mol. The van der Waals surface area contributed by atoms with Crippen molar-refractivity contribution < 1.29 is 9.53 Å². The molecule has 110 valence electrons. The molecule has 0 aliphatic heterocycles. The second-order valence-electron chi connectivity index (χ2n) is 4.47. The third kappa shape index (κ3) is 4.68. The number of hydrogen-bond donors (Lipinski definition) is 2. The van der Waals surface area contributed by atoms with Crippen molar-refractivity contribution >= 4 is 23.2 Å². The molecule has 0 saturated carbocycles. The molecule has 0 fully saturated rings. The van der Waals surface area contributed by atoms with Gasteiger partial charge in [0.15, 0.2) is 0 Å². The van der Waals surface area contributed by atoms with Gasteiger partial charge in [0, 0.05) is 18.3 Å². The molecule has 5 heteroatoms. The summed E-state index contributed by atoms with van der Waals surface area (Å²) in [6.07, 6.45) is 0. The van der Waals surface area contributed by atoms with E-state index in [1.807, 2.05) is 30.3 Å². The number of carbonyl (C=O) groups excluding carboxylic acids is 1. The third-order valence-corrected chi connectivity index (χ3v) is 3.25. The average molecular weight is 305 g/mol. The number of hydrogen-bond acceptors (Lipinski definition) is 3. The van der Waals surface area contributed by atoms with Crippen LogP contribution in [0.15, 0.2) is 48.5 Å². The quantitative estimate of drug-likeness (QED) is 0.862. The summed E-state index contributed by atoms with van der Waals surface area (Å²) in [5.74, 6) is 0.499. The van der Waals surface area contributed by atoms with Gasteiger partial charge in [0.05, 0.1) is 18.7 Å². The smallest absolute Gasteiger partial charge is 0.239 e. The lowest BCUT2D eigenvalue weighted by molar-refractivity contribution is -0.119. The fourth-order valence-electron chi connectivity index (χ4n) is 1.81. The lowest BCUT2D eigenvalue weighted by atomic mass is 10.2. The zero-order valence-corrected chi connectivity index (χ0v) is 12.5. The maximum Gasteiger partial charge on any atom is 0.239 e. The second-order valence-corrected chi connectivity index (χ2v) is 4.87. The molecule has 0 aliphatic carbocycles. The molecule has 0 unspecified atom stereocenters. The first-order valence-corrected chi connectivity index (χ1v) is 6.95. The monoisotopic (exact) mass is 304 g/mol. The molecule has 0 aliphatic rings. The fraction of sp³-hybridized carbons (Fsp3) is 0.188. The van der Waals surface area contributed by atoms with E-state index in [0.717, 1.165) is 11.3 Å². The van der Waals surface area contributed by atoms with E-state index < -0.39 is 0 Å². The summed E-state index contributed by atoms with van der Waals surface area (Å²) in [7, 11) is 1.55. The molecule has 0 atom stereocenters. The van der Waals surface area contributed by atoms with Crippen LogP contribution in [0, 0.1) is 0 Å². The number of amides is 1. The van der Waals surface area contributed by atoms with E-state index in [1.165, 1.54) is 0 Å². The molecule has 2 aromatic rings.